The van der Waals surface area contributed by atoms with Crippen molar-refractivity contribution in [3.05, 3.63) is 29.0 Å². The van der Waals surface area contributed by atoms with E-state index in [2.05, 4.69) is 9.73 Å². The number of hydrogen-bond acceptors (Lipinski definition) is 5. The molecule has 0 radical (unpaired) electrons. The first kappa shape index (κ1) is 24.4. The number of aliphatic imine (C=N–C) groups is 1. The van der Waals surface area contributed by atoms with Crippen molar-refractivity contribution < 1.29 is 40.3 Å². The average Bonchev–Trinajstić information content (AvgIpc) is 3.01. The molecule has 30 heavy (non-hydrogen) atoms. The molecule has 1 aromatic carbocycles. The number of halogens is 8. The van der Waals surface area contributed by atoms with Gasteiger partial charge in [0.2, 0.25) is 0 Å². The summed E-state index contributed by atoms with van der Waals surface area (Å²) in [6.45, 7) is 2.19. The van der Waals surface area contributed by atoms with E-state index in [1.165, 1.54) is 6.92 Å². The Morgan fingerprint density at radius 2 is 1.90 bits per heavy atom. The van der Waals surface area contributed by atoms with Gasteiger partial charge in [0, 0.05) is 10.9 Å². The smallest absolute Gasteiger partial charge is 0.440 e. The molecule has 0 saturated carbocycles. The molecular weight excluding hydrogens is 467 g/mol. The zero-order chi connectivity index (χ0) is 22.9. The van der Waals surface area contributed by atoms with Crippen LogP contribution in [0, 0.1) is 5.82 Å². The number of nitrogens with zero attached hydrogens (tertiary/aromatic N) is 2. The molecule has 1 N–H and O–H groups in total. The Morgan fingerprint density at radius 3 is 2.33 bits per heavy atom. The molecule has 0 spiro atoms. The molecule has 2 rings (SSSR count). The summed E-state index contributed by atoms with van der Waals surface area (Å²) in [6.07, 6.45) is -14.2. The number of carbonyl (C=O) groups is 1. The number of ether oxygens (including phenoxy) is 1. The minimum Gasteiger partial charge on any atom is -0.450 e. The number of rotatable bonds is 4. The highest BCUT2D eigenvalue weighted by Gasteiger charge is 2.77. The predicted octanol–water partition coefficient (Wildman–Crippen LogP) is 5.34. The van der Waals surface area contributed by atoms with Crippen LogP contribution in [0.3, 0.4) is 0 Å². The molecule has 5 nitrogen and oxygen atoms in total. The number of carbonyl (C=O) groups excluding carboxylic acids is 1. The van der Waals surface area contributed by atoms with Crippen molar-refractivity contribution in [3.63, 3.8) is 0 Å². The lowest BCUT2D eigenvalue weighted by Gasteiger charge is -2.45. The quantitative estimate of drug-likeness (QED) is 0.466. The molecule has 168 valence electrons. The van der Waals surface area contributed by atoms with E-state index in [-0.39, 0.29) is 11.4 Å². The van der Waals surface area contributed by atoms with Crippen molar-refractivity contribution >= 4 is 40.3 Å². The maximum Gasteiger partial charge on any atom is 0.440 e. The van der Waals surface area contributed by atoms with Gasteiger partial charge in [-0.1, -0.05) is 30.3 Å². The van der Waals surface area contributed by atoms with Gasteiger partial charge in [-0.25, -0.2) is 9.18 Å². The van der Waals surface area contributed by atoms with Crippen LogP contribution < -0.4 is 10.2 Å². The van der Waals surface area contributed by atoms with Crippen LogP contribution in [0.15, 0.2) is 23.2 Å². The van der Waals surface area contributed by atoms with Gasteiger partial charge in [0.15, 0.2) is 5.17 Å². The monoisotopic (exact) mass is 481 g/mol. The average molecular weight is 482 g/mol. The van der Waals surface area contributed by atoms with Crippen LogP contribution >= 0.6 is 23.4 Å². The fraction of sp³-hybridized carbons (Fsp3) is 0.500. The van der Waals surface area contributed by atoms with Gasteiger partial charge in [-0.2, -0.15) is 26.3 Å². The molecule has 1 aliphatic rings. The minimum atomic E-state index is -6.10. The summed E-state index contributed by atoms with van der Waals surface area (Å²) in [5.41, 5.74) is -5.75. The normalized spacial score (nSPS) is 17.5. The maximum absolute atomic E-state index is 14.1. The molecule has 0 unspecified atom stereocenters. The van der Waals surface area contributed by atoms with Crippen LogP contribution in [0.4, 0.5) is 41.2 Å². The van der Waals surface area contributed by atoms with Gasteiger partial charge >= 0.3 is 24.1 Å². The molecule has 1 heterocycles. The largest absolute Gasteiger partial charge is 0.450 e. The number of anilines is 1. The Balaban J connectivity index is 2.83. The molecule has 0 saturated heterocycles. The van der Waals surface area contributed by atoms with E-state index in [9.17, 15) is 35.5 Å². The second-order valence-electron chi connectivity index (χ2n) is 6.04. The van der Waals surface area contributed by atoms with Crippen molar-refractivity contribution in [2.24, 2.45) is 4.99 Å². The Morgan fingerprint density at radius 1 is 1.30 bits per heavy atom. The number of nitrogens with one attached hydrogen (secondary N) is 1. The summed E-state index contributed by atoms with van der Waals surface area (Å²) in [5.74, 6) is -1.06. The number of amidine groups is 1. The third kappa shape index (κ3) is 4.56. The fourth-order valence-corrected chi connectivity index (χ4v) is 3.76. The van der Waals surface area contributed by atoms with Crippen LogP contribution in [0.5, 0.6) is 0 Å². The number of alkyl carbamates (subject to hydrolysis) is 1. The SMILES string of the molecule is CCOC(=O)NC(N(C1=NC[C@@H](C)S1)c1ccc(F)c(Cl)c1)(C(F)(F)F)C(F)(F)F. The van der Waals surface area contributed by atoms with E-state index in [0.717, 1.165) is 5.32 Å². The molecule has 1 aromatic rings. The number of thioether (sulfide) groups is 1. The zero-order valence-electron chi connectivity index (χ0n) is 15.4. The second kappa shape index (κ2) is 8.69. The van der Waals surface area contributed by atoms with Crippen molar-refractivity contribution in [1.82, 2.24) is 5.32 Å². The van der Waals surface area contributed by atoms with Gasteiger partial charge in [0.1, 0.15) is 5.82 Å². The molecule has 0 bridgehead atoms. The van der Waals surface area contributed by atoms with Crippen LogP contribution in [-0.2, 0) is 4.74 Å². The summed E-state index contributed by atoms with van der Waals surface area (Å²) < 4.78 is 103. The number of amides is 1. The highest BCUT2D eigenvalue weighted by atomic mass is 35.5. The Kier molecular flexibility index (Phi) is 7.06. The Bertz CT molecular complexity index is 818. The van der Waals surface area contributed by atoms with E-state index in [4.69, 9.17) is 11.6 Å². The topological polar surface area (TPSA) is 53.9 Å². The van der Waals surface area contributed by atoms with E-state index >= 15 is 0 Å². The first-order valence-electron chi connectivity index (χ1n) is 8.29. The molecule has 14 heteroatoms. The lowest BCUT2D eigenvalue weighted by atomic mass is 10.1. The maximum atomic E-state index is 14.1. The Hall–Kier alpha value is -1.89. The second-order valence-corrected chi connectivity index (χ2v) is 7.85. The summed E-state index contributed by atoms with van der Waals surface area (Å²) in [6, 6.07) is 1.87. The van der Waals surface area contributed by atoms with E-state index in [1.807, 2.05) is 0 Å². The standard InChI is InChI=1S/C16H15ClF7N3O2S/c1-3-29-13(28)26-14(15(19,20)21,16(22,23)24)27(12-25-7-8(2)30-12)9-4-5-11(18)10(17)6-9/h4-6,8H,3,7H2,1-2H3,(H,26,28)/t8-/m1/s1. The number of alkyl halides is 6. The third-order valence-electron chi connectivity index (χ3n) is 3.86. The molecule has 0 fully saturated rings. The van der Waals surface area contributed by atoms with Crippen molar-refractivity contribution in [1.29, 1.82) is 0 Å². The summed E-state index contributed by atoms with van der Waals surface area (Å²) >= 11 is 6.23. The molecule has 0 aliphatic carbocycles. The molecule has 1 aliphatic heterocycles. The van der Waals surface area contributed by atoms with Crippen LogP contribution in [-0.4, -0.2) is 47.7 Å². The van der Waals surface area contributed by atoms with Gasteiger partial charge in [-0.3, -0.25) is 15.2 Å². The first-order chi connectivity index (χ1) is 13.7. The molecule has 0 aromatic heterocycles. The third-order valence-corrected chi connectivity index (χ3v) is 5.22. The lowest BCUT2D eigenvalue weighted by molar-refractivity contribution is -0.301. The predicted molar refractivity (Wildman–Crippen MR) is 98.2 cm³/mol. The molecule has 1 atom stereocenters. The van der Waals surface area contributed by atoms with Crippen LogP contribution in [0.2, 0.25) is 5.02 Å². The van der Waals surface area contributed by atoms with Gasteiger partial charge < -0.3 is 4.74 Å². The van der Waals surface area contributed by atoms with Crippen molar-refractivity contribution in [3.8, 4) is 0 Å². The van der Waals surface area contributed by atoms with Crippen molar-refractivity contribution in [2.45, 2.75) is 37.1 Å². The summed E-state index contributed by atoms with van der Waals surface area (Å²) in [4.78, 5) is 15.3. The van der Waals surface area contributed by atoms with Gasteiger partial charge in [0.05, 0.1) is 18.2 Å². The highest BCUT2D eigenvalue weighted by Crippen LogP contribution is 2.49. The Labute approximate surface area is 175 Å². The minimum absolute atomic E-state index is 0.0728. The fourth-order valence-electron chi connectivity index (χ4n) is 2.58. The van der Waals surface area contributed by atoms with Crippen LogP contribution in [0.25, 0.3) is 0 Å². The van der Waals surface area contributed by atoms with Crippen LogP contribution in [0.1, 0.15) is 13.8 Å². The van der Waals surface area contributed by atoms with Gasteiger partial charge in [-0.15, -0.1) is 0 Å². The summed E-state index contributed by atoms with van der Waals surface area (Å²) in [7, 11) is 0. The van der Waals surface area contributed by atoms with Crippen molar-refractivity contribution in [2.75, 3.05) is 18.1 Å². The molecular formula is C16H15ClF7N3O2S. The van der Waals surface area contributed by atoms with E-state index in [1.54, 1.807) is 6.92 Å². The van der Waals surface area contributed by atoms with Gasteiger partial charge in [0.25, 0.3) is 0 Å². The lowest BCUT2D eigenvalue weighted by Crippen LogP contribution is -2.77. The molecule has 1 amide bonds. The van der Waals surface area contributed by atoms with Gasteiger partial charge in [-0.05, 0) is 25.1 Å². The van der Waals surface area contributed by atoms with E-state index in [0.29, 0.717) is 30.0 Å². The summed E-state index contributed by atoms with van der Waals surface area (Å²) in [5, 5.41) is -0.927. The first-order valence-corrected chi connectivity index (χ1v) is 9.55. The zero-order valence-corrected chi connectivity index (χ0v) is 16.9. The number of hydrogen-bond donors (Lipinski definition) is 1. The van der Waals surface area contributed by atoms with E-state index < -0.39 is 57.7 Å². The highest BCUT2D eigenvalue weighted by molar-refractivity contribution is 8.15. The number of benzene rings is 1.